The highest BCUT2D eigenvalue weighted by Crippen LogP contribution is 2.29. The van der Waals surface area contributed by atoms with Gasteiger partial charge in [-0.15, -0.1) is 0 Å². The van der Waals surface area contributed by atoms with Gasteiger partial charge >= 0.3 is 6.18 Å². The SMILES string of the molecule is C[C@H](Nc1cc(C(F)(F)F)nc2ncnn12)C(=O)N(C)C. The zero-order chi connectivity index (χ0) is 15.8. The smallest absolute Gasteiger partial charge is 0.358 e. The van der Waals surface area contributed by atoms with Crippen molar-refractivity contribution in [2.24, 2.45) is 0 Å². The Hall–Kier alpha value is -2.39. The fraction of sp³-hybridized carbons (Fsp3) is 0.455. The van der Waals surface area contributed by atoms with E-state index in [4.69, 9.17) is 0 Å². The molecule has 0 aliphatic carbocycles. The maximum Gasteiger partial charge on any atom is 0.433 e. The van der Waals surface area contributed by atoms with Crippen LogP contribution in [0.5, 0.6) is 0 Å². The van der Waals surface area contributed by atoms with Crippen LogP contribution in [0.4, 0.5) is 19.0 Å². The number of anilines is 1. The fourth-order valence-corrected chi connectivity index (χ4v) is 1.73. The van der Waals surface area contributed by atoms with Crippen molar-refractivity contribution >= 4 is 17.5 Å². The van der Waals surface area contributed by atoms with E-state index in [1.807, 2.05) is 0 Å². The van der Waals surface area contributed by atoms with Crippen molar-refractivity contribution in [1.29, 1.82) is 0 Å². The minimum Gasteiger partial charge on any atom is -0.358 e. The van der Waals surface area contributed by atoms with E-state index in [0.717, 1.165) is 16.9 Å². The maximum atomic E-state index is 12.8. The molecule has 0 fully saturated rings. The molecule has 1 atom stereocenters. The van der Waals surface area contributed by atoms with E-state index in [1.54, 1.807) is 21.0 Å². The molecular formula is C11H13F3N6O. The van der Waals surface area contributed by atoms with Gasteiger partial charge in [0.15, 0.2) is 5.69 Å². The molecule has 2 aromatic heterocycles. The van der Waals surface area contributed by atoms with E-state index >= 15 is 0 Å². The van der Waals surface area contributed by atoms with Crippen molar-refractivity contribution in [1.82, 2.24) is 24.5 Å². The van der Waals surface area contributed by atoms with Crippen molar-refractivity contribution in [3.8, 4) is 0 Å². The number of halogens is 3. The van der Waals surface area contributed by atoms with Crippen molar-refractivity contribution in [2.75, 3.05) is 19.4 Å². The van der Waals surface area contributed by atoms with Gasteiger partial charge in [-0.2, -0.15) is 27.8 Å². The molecule has 1 amide bonds. The van der Waals surface area contributed by atoms with E-state index in [-0.39, 0.29) is 17.5 Å². The van der Waals surface area contributed by atoms with Gasteiger partial charge in [0, 0.05) is 20.2 Å². The van der Waals surface area contributed by atoms with Crippen LogP contribution in [0.15, 0.2) is 12.4 Å². The fourth-order valence-electron chi connectivity index (χ4n) is 1.73. The maximum absolute atomic E-state index is 12.8. The summed E-state index contributed by atoms with van der Waals surface area (Å²) in [6, 6.07) is 0.0667. The Balaban J connectivity index is 2.42. The molecule has 2 aromatic rings. The first kappa shape index (κ1) is 15.0. The largest absolute Gasteiger partial charge is 0.433 e. The number of amides is 1. The van der Waals surface area contributed by atoms with Crippen molar-refractivity contribution in [2.45, 2.75) is 19.1 Å². The summed E-state index contributed by atoms with van der Waals surface area (Å²) in [5, 5.41) is 6.48. The summed E-state index contributed by atoms with van der Waals surface area (Å²) in [5.41, 5.74) is -1.10. The Bertz CT molecular complexity index is 666. The molecule has 2 rings (SSSR count). The summed E-state index contributed by atoms with van der Waals surface area (Å²) in [6.45, 7) is 1.54. The first-order valence-electron chi connectivity index (χ1n) is 5.96. The number of nitrogens with one attached hydrogen (secondary N) is 1. The van der Waals surface area contributed by atoms with Gasteiger partial charge in [-0.05, 0) is 6.92 Å². The molecule has 114 valence electrons. The van der Waals surface area contributed by atoms with Gasteiger partial charge in [0.2, 0.25) is 5.91 Å². The summed E-state index contributed by atoms with van der Waals surface area (Å²) in [5.74, 6) is -0.488. The number of likely N-dealkylation sites (N-methyl/N-ethyl adjacent to an activating group) is 1. The van der Waals surface area contributed by atoms with E-state index < -0.39 is 17.9 Å². The lowest BCUT2D eigenvalue weighted by molar-refractivity contribution is -0.141. The van der Waals surface area contributed by atoms with Crippen LogP contribution in [0.25, 0.3) is 5.78 Å². The lowest BCUT2D eigenvalue weighted by atomic mass is 10.3. The molecular weight excluding hydrogens is 289 g/mol. The number of nitrogens with zero attached hydrogens (tertiary/aromatic N) is 5. The highest BCUT2D eigenvalue weighted by atomic mass is 19.4. The molecule has 0 aliphatic heterocycles. The third-order valence-corrected chi connectivity index (χ3v) is 2.72. The van der Waals surface area contributed by atoms with Crippen LogP contribution in [-0.4, -0.2) is 50.5 Å². The molecule has 1 N–H and O–H groups in total. The Morgan fingerprint density at radius 1 is 1.43 bits per heavy atom. The summed E-state index contributed by atoms with van der Waals surface area (Å²) < 4.78 is 39.5. The molecule has 0 saturated heterocycles. The van der Waals surface area contributed by atoms with Gasteiger partial charge in [0.05, 0.1) is 0 Å². The number of hydrogen-bond acceptors (Lipinski definition) is 5. The second kappa shape index (κ2) is 5.19. The topological polar surface area (TPSA) is 75.4 Å². The molecule has 0 aromatic carbocycles. The molecule has 0 saturated carbocycles. The second-order valence-electron chi connectivity index (χ2n) is 4.59. The Morgan fingerprint density at radius 3 is 2.67 bits per heavy atom. The van der Waals surface area contributed by atoms with Crippen LogP contribution in [0.1, 0.15) is 12.6 Å². The van der Waals surface area contributed by atoms with Crippen molar-refractivity contribution in [3.05, 3.63) is 18.1 Å². The standard InChI is InChI=1S/C11H13F3N6O/c1-6(9(21)19(2)3)17-8-4-7(11(12,13)14)18-10-15-5-16-20(8)10/h4-6,17H,1-3H3/t6-/m0/s1. The van der Waals surface area contributed by atoms with Crippen LogP contribution in [0.2, 0.25) is 0 Å². The van der Waals surface area contributed by atoms with E-state index in [0.29, 0.717) is 0 Å². The van der Waals surface area contributed by atoms with Crippen molar-refractivity contribution < 1.29 is 18.0 Å². The Labute approximate surface area is 117 Å². The summed E-state index contributed by atoms with van der Waals surface area (Å²) in [6.07, 6.45) is -3.52. The number of fused-ring (bicyclic) bond motifs is 1. The molecule has 21 heavy (non-hydrogen) atoms. The molecule has 10 heteroatoms. The zero-order valence-electron chi connectivity index (χ0n) is 11.5. The summed E-state index contributed by atoms with van der Waals surface area (Å²) >= 11 is 0. The predicted octanol–water partition coefficient (Wildman–Crippen LogP) is 1.03. The average molecular weight is 302 g/mol. The number of carbonyl (C=O) groups is 1. The molecule has 0 aliphatic rings. The summed E-state index contributed by atoms with van der Waals surface area (Å²) in [4.78, 5) is 20.1. The van der Waals surface area contributed by atoms with E-state index in [9.17, 15) is 18.0 Å². The first-order valence-corrected chi connectivity index (χ1v) is 5.96. The third-order valence-electron chi connectivity index (χ3n) is 2.72. The lowest BCUT2D eigenvalue weighted by Gasteiger charge is -2.19. The molecule has 0 unspecified atom stereocenters. The predicted molar refractivity (Wildman–Crippen MR) is 67.6 cm³/mol. The Morgan fingerprint density at radius 2 is 2.10 bits per heavy atom. The van der Waals surface area contributed by atoms with Crippen LogP contribution in [0.3, 0.4) is 0 Å². The van der Waals surface area contributed by atoms with E-state index in [2.05, 4.69) is 20.4 Å². The molecule has 7 nitrogen and oxygen atoms in total. The van der Waals surface area contributed by atoms with Gasteiger partial charge in [0.25, 0.3) is 5.78 Å². The van der Waals surface area contributed by atoms with Crippen molar-refractivity contribution in [3.63, 3.8) is 0 Å². The van der Waals surface area contributed by atoms with Crippen LogP contribution in [-0.2, 0) is 11.0 Å². The van der Waals surface area contributed by atoms with Crippen LogP contribution < -0.4 is 5.32 Å². The van der Waals surface area contributed by atoms with Gasteiger partial charge in [-0.1, -0.05) is 0 Å². The minimum atomic E-state index is -4.61. The number of aromatic nitrogens is 4. The second-order valence-corrected chi connectivity index (χ2v) is 4.59. The normalized spacial score (nSPS) is 13.2. The summed E-state index contributed by atoms with van der Waals surface area (Å²) in [7, 11) is 3.11. The lowest BCUT2D eigenvalue weighted by Crippen LogP contribution is -2.37. The van der Waals surface area contributed by atoms with E-state index in [1.165, 1.54) is 4.90 Å². The highest BCUT2D eigenvalue weighted by Gasteiger charge is 2.34. The van der Waals surface area contributed by atoms with Crippen LogP contribution >= 0.6 is 0 Å². The average Bonchev–Trinajstić information content (AvgIpc) is 2.84. The molecule has 2 heterocycles. The molecule has 0 spiro atoms. The quantitative estimate of drug-likeness (QED) is 0.916. The molecule has 0 bridgehead atoms. The van der Waals surface area contributed by atoms with Gasteiger partial charge in [-0.25, -0.2) is 4.98 Å². The number of hydrogen-bond donors (Lipinski definition) is 1. The third kappa shape index (κ3) is 3.03. The van der Waals surface area contributed by atoms with Gasteiger partial charge in [-0.3, -0.25) is 4.79 Å². The number of alkyl halides is 3. The van der Waals surface area contributed by atoms with Gasteiger partial charge in [0.1, 0.15) is 18.2 Å². The monoisotopic (exact) mass is 302 g/mol. The van der Waals surface area contributed by atoms with Crippen LogP contribution in [0, 0.1) is 0 Å². The zero-order valence-corrected chi connectivity index (χ0v) is 11.5. The first-order chi connectivity index (χ1) is 9.70. The molecule has 0 radical (unpaired) electrons. The minimum absolute atomic E-state index is 0.00692. The highest BCUT2D eigenvalue weighted by molar-refractivity contribution is 5.83. The number of rotatable bonds is 3. The van der Waals surface area contributed by atoms with Gasteiger partial charge < -0.3 is 10.2 Å². The number of carbonyl (C=O) groups excluding carboxylic acids is 1. The Kier molecular flexibility index (Phi) is 3.71.